The zero-order chi connectivity index (χ0) is 16.9. The average molecular weight is 332 g/mol. The lowest BCUT2D eigenvalue weighted by molar-refractivity contribution is -0.137. The monoisotopic (exact) mass is 332 g/mol. The van der Waals surface area contributed by atoms with Crippen molar-refractivity contribution in [1.29, 1.82) is 0 Å². The van der Waals surface area contributed by atoms with E-state index in [-0.39, 0.29) is 18.4 Å². The zero-order valence-corrected chi connectivity index (χ0v) is 13.9. The molecule has 7 heteroatoms. The molecule has 2 saturated heterocycles. The third kappa shape index (κ3) is 3.83. The van der Waals surface area contributed by atoms with E-state index in [1.54, 1.807) is 12.3 Å². The lowest BCUT2D eigenvalue weighted by Gasteiger charge is -2.35. The van der Waals surface area contributed by atoms with Gasteiger partial charge in [0.2, 0.25) is 5.95 Å². The molecule has 7 nitrogen and oxygen atoms in total. The van der Waals surface area contributed by atoms with Gasteiger partial charge in [0.25, 0.3) is 5.91 Å². The van der Waals surface area contributed by atoms with Crippen molar-refractivity contribution < 1.29 is 14.7 Å². The Morgan fingerprint density at radius 1 is 1.17 bits per heavy atom. The van der Waals surface area contributed by atoms with Crippen LogP contribution in [0.15, 0.2) is 12.3 Å². The van der Waals surface area contributed by atoms with Gasteiger partial charge in [-0.2, -0.15) is 0 Å². The van der Waals surface area contributed by atoms with Crippen molar-refractivity contribution in [2.75, 3.05) is 24.5 Å². The molecule has 130 valence electrons. The maximum atomic E-state index is 12.9. The second kappa shape index (κ2) is 7.59. The smallest absolute Gasteiger partial charge is 0.303 e. The maximum Gasteiger partial charge on any atom is 0.303 e. The summed E-state index contributed by atoms with van der Waals surface area (Å²) < 4.78 is 0. The first-order valence-electron chi connectivity index (χ1n) is 8.76. The van der Waals surface area contributed by atoms with Gasteiger partial charge in [0, 0.05) is 38.3 Å². The van der Waals surface area contributed by atoms with Crippen molar-refractivity contribution in [1.82, 2.24) is 14.9 Å². The van der Waals surface area contributed by atoms with Crippen LogP contribution in [0.25, 0.3) is 0 Å². The van der Waals surface area contributed by atoms with E-state index in [0.717, 1.165) is 45.2 Å². The SMILES string of the molecule is O=C(O)CCC1CCCCN1C(=O)c1ccnc(N2CCCC2)n1. The number of aromatic nitrogens is 2. The quantitative estimate of drug-likeness (QED) is 0.887. The molecule has 1 unspecified atom stereocenters. The first-order chi connectivity index (χ1) is 11.6. The van der Waals surface area contributed by atoms with Gasteiger partial charge in [-0.05, 0) is 44.6 Å². The number of piperidine rings is 1. The molecule has 0 saturated carbocycles. The largest absolute Gasteiger partial charge is 0.481 e. The van der Waals surface area contributed by atoms with Crippen molar-refractivity contribution in [3.8, 4) is 0 Å². The van der Waals surface area contributed by atoms with Crippen molar-refractivity contribution >= 4 is 17.8 Å². The number of aliphatic carboxylic acids is 1. The number of carbonyl (C=O) groups is 2. The normalized spacial score (nSPS) is 21.1. The highest BCUT2D eigenvalue weighted by molar-refractivity contribution is 5.92. The van der Waals surface area contributed by atoms with Gasteiger partial charge in [-0.15, -0.1) is 0 Å². The summed E-state index contributed by atoms with van der Waals surface area (Å²) >= 11 is 0. The number of carboxylic acid groups (broad SMARTS) is 1. The Kier molecular flexibility index (Phi) is 5.27. The van der Waals surface area contributed by atoms with Crippen LogP contribution in [0.1, 0.15) is 55.4 Å². The summed E-state index contributed by atoms with van der Waals surface area (Å²) in [5.41, 5.74) is 0.411. The molecule has 1 aromatic rings. The minimum absolute atomic E-state index is 0.00690. The van der Waals surface area contributed by atoms with Crippen LogP contribution < -0.4 is 4.90 Å². The van der Waals surface area contributed by atoms with Crippen molar-refractivity contribution in [2.45, 2.75) is 51.0 Å². The third-order valence-corrected chi connectivity index (χ3v) is 4.83. The van der Waals surface area contributed by atoms with Crippen LogP contribution in [0.4, 0.5) is 5.95 Å². The van der Waals surface area contributed by atoms with Gasteiger partial charge >= 0.3 is 5.97 Å². The van der Waals surface area contributed by atoms with Gasteiger partial charge in [0.1, 0.15) is 5.69 Å². The Labute approximate surface area is 141 Å². The summed E-state index contributed by atoms with van der Waals surface area (Å²) in [6.07, 6.45) is 7.36. The van der Waals surface area contributed by atoms with Gasteiger partial charge in [-0.1, -0.05) is 0 Å². The van der Waals surface area contributed by atoms with Crippen molar-refractivity contribution in [3.05, 3.63) is 18.0 Å². The highest BCUT2D eigenvalue weighted by atomic mass is 16.4. The number of rotatable bonds is 5. The fourth-order valence-corrected chi connectivity index (χ4v) is 3.54. The van der Waals surface area contributed by atoms with E-state index in [1.807, 2.05) is 4.90 Å². The van der Waals surface area contributed by atoms with E-state index in [2.05, 4.69) is 14.9 Å². The van der Waals surface area contributed by atoms with Crippen LogP contribution in [0.3, 0.4) is 0 Å². The summed E-state index contributed by atoms with van der Waals surface area (Å²) in [6.45, 7) is 2.54. The molecule has 1 atom stereocenters. The van der Waals surface area contributed by atoms with Crippen LogP contribution in [0, 0.1) is 0 Å². The number of carbonyl (C=O) groups excluding carboxylic acids is 1. The molecule has 24 heavy (non-hydrogen) atoms. The first-order valence-corrected chi connectivity index (χ1v) is 8.76. The molecule has 3 heterocycles. The summed E-state index contributed by atoms with van der Waals surface area (Å²) in [5, 5.41) is 8.91. The lowest BCUT2D eigenvalue weighted by Crippen LogP contribution is -2.44. The molecule has 3 rings (SSSR count). The van der Waals surface area contributed by atoms with Crippen LogP contribution >= 0.6 is 0 Å². The summed E-state index contributed by atoms with van der Waals surface area (Å²) in [5.74, 6) is -0.295. The lowest BCUT2D eigenvalue weighted by atomic mass is 9.97. The predicted molar refractivity (Wildman–Crippen MR) is 89.0 cm³/mol. The number of hydrogen-bond acceptors (Lipinski definition) is 5. The summed E-state index contributed by atoms with van der Waals surface area (Å²) in [6, 6.07) is 1.65. The fourth-order valence-electron chi connectivity index (χ4n) is 3.54. The molecule has 2 fully saturated rings. The Morgan fingerprint density at radius 3 is 2.67 bits per heavy atom. The van der Waals surface area contributed by atoms with Crippen LogP contribution in [-0.4, -0.2) is 57.5 Å². The maximum absolute atomic E-state index is 12.9. The molecule has 0 bridgehead atoms. The number of hydrogen-bond donors (Lipinski definition) is 1. The minimum Gasteiger partial charge on any atom is -0.481 e. The van der Waals surface area contributed by atoms with E-state index in [1.165, 1.54) is 0 Å². The molecular formula is C17H24N4O3. The van der Waals surface area contributed by atoms with Gasteiger partial charge in [0.15, 0.2) is 0 Å². The van der Waals surface area contributed by atoms with E-state index < -0.39 is 5.97 Å². The summed E-state index contributed by atoms with van der Waals surface area (Å²) in [4.78, 5) is 36.4. The summed E-state index contributed by atoms with van der Waals surface area (Å²) in [7, 11) is 0. The highest BCUT2D eigenvalue weighted by Crippen LogP contribution is 2.23. The Morgan fingerprint density at radius 2 is 1.92 bits per heavy atom. The average Bonchev–Trinajstić information content (AvgIpc) is 3.14. The van der Waals surface area contributed by atoms with E-state index >= 15 is 0 Å². The van der Waals surface area contributed by atoms with Gasteiger partial charge in [-0.3, -0.25) is 9.59 Å². The van der Waals surface area contributed by atoms with Crippen LogP contribution in [0.2, 0.25) is 0 Å². The second-order valence-electron chi connectivity index (χ2n) is 6.52. The molecule has 0 radical (unpaired) electrons. The van der Waals surface area contributed by atoms with Gasteiger partial charge in [0.05, 0.1) is 0 Å². The predicted octanol–water partition coefficient (Wildman–Crippen LogP) is 1.94. The zero-order valence-electron chi connectivity index (χ0n) is 13.9. The number of nitrogens with zero attached hydrogens (tertiary/aromatic N) is 4. The van der Waals surface area contributed by atoms with Crippen LogP contribution in [-0.2, 0) is 4.79 Å². The topological polar surface area (TPSA) is 86.6 Å². The highest BCUT2D eigenvalue weighted by Gasteiger charge is 2.29. The fraction of sp³-hybridized carbons (Fsp3) is 0.647. The number of carboxylic acids is 1. The molecule has 0 aliphatic carbocycles. The first kappa shape index (κ1) is 16.7. The van der Waals surface area contributed by atoms with Gasteiger partial charge < -0.3 is 14.9 Å². The molecular weight excluding hydrogens is 308 g/mol. The second-order valence-corrected chi connectivity index (χ2v) is 6.52. The third-order valence-electron chi connectivity index (χ3n) is 4.83. The Hall–Kier alpha value is -2.18. The number of likely N-dealkylation sites (tertiary alicyclic amines) is 1. The van der Waals surface area contributed by atoms with Crippen LogP contribution in [0.5, 0.6) is 0 Å². The van der Waals surface area contributed by atoms with Gasteiger partial charge in [-0.25, -0.2) is 9.97 Å². The van der Waals surface area contributed by atoms with E-state index in [4.69, 9.17) is 5.11 Å². The molecule has 1 amide bonds. The molecule has 0 aromatic carbocycles. The van der Waals surface area contributed by atoms with E-state index in [9.17, 15) is 9.59 Å². The molecule has 2 aliphatic rings. The minimum atomic E-state index is -0.814. The van der Waals surface area contributed by atoms with Crippen molar-refractivity contribution in [2.24, 2.45) is 0 Å². The number of amides is 1. The molecule has 1 aromatic heterocycles. The van der Waals surface area contributed by atoms with Crippen molar-refractivity contribution in [3.63, 3.8) is 0 Å². The number of anilines is 1. The standard InChI is InChI=1S/C17H24N4O3/c22-15(23)7-6-13-5-1-2-12-21(13)16(24)14-8-9-18-17(19-14)20-10-3-4-11-20/h8-9,13H,1-7,10-12H2,(H,22,23). The molecule has 1 N–H and O–H groups in total. The van der Waals surface area contributed by atoms with E-state index in [0.29, 0.717) is 24.6 Å². The molecule has 0 spiro atoms. The molecule has 2 aliphatic heterocycles. The Balaban J connectivity index is 1.73. The Bertz CT molecular complexity index is 601.